The smallest absolute Gasteiger partial charge is 0.304 e. The first-order valence-corrected chi connectivity index (χ1v) is 6.69. The molecule has 0 radical (unpaired) electrons. The Balaban J connectivity index is 4.28. The fourth-order valence-corrected chi connectivity index (χ4v) is 2.16. The number of hydrogen-bond donors (Lipinski definition) is 1. The van der Waals surface area contributed by atoms with Crippen molar-refractivity contribution >= 4 is 16.2 Å². The molecule has 0 unspecified atom stereocenters. The zero-order valence-corrected chi connectivity index (χ0v) is 11.2. The second-order valence-electron chi connectivity index (χ2n) is 3.49. The standard InChI is InChI=1S/C9H20N2O5S/c1-4-16-8-7-11(3)17(14,15)10(2)6-5-9(12)13/h4-8H2,1-3H3,(H,12,13). The van der Waals surface area contributed by atoms with E-state index >= 15 is 0 Å². The second-order valence-corrected chi connectivity index (χ2v) is 5.63. The maximum Gasteiger partial charge on any atom is 0.304 e. The SMILES string of the molecule is CCOCCN(C)S(=O)(=O)N(C)CCC(=O)O. The minimum atomic E-state index is -3.59. The van der Waals surface area contributed by atoms with Crippen LogP contribution in [-0.2, 0) is 19.7 Å². The van der Waals surface area contributed by atoms with E-state index in [1.54, 1.807) is 0 Å². The third-order valence-corrected chi connectivity index (χ3v) is 4.12. The molecule has 0 bridgehead atoms. The lowest BCUT2D eigenvalue weighted by molar-refractivity contribution is -0.137. The van der Waals surface area contributed by atoms with Crippen LogP contribution < -0.4 is 0 Å². The molecular formula is C9H20N2O5S. The fourth-order valence-electron chi connectivity index (χ4n) is 1.06. The number of carboxylic acids is 1. The van der Waals surface area contributed by atoms with Crippen molar-refractivity contribution in [2.75, 3.05) is 40.4 Å². The first kappa shape index (κ1) is 16.3. The van der Waals surface area contributed by atoms with Gasteiger partial charge in [0.05, 0.1) is 13.0 Å². The largest absolute Gasteiger partial charge is 0.481 e. The van der Waals surface area contributed by atoms with Gasteiger partial charge in [0.15, 0.2) is 0 Å². The molecule has 0 spiro atoms. The van der Waals surface area contributed by atoms with E-state index in [4.69, 9.17) is 9.84 Å². The lowest BCUT2D eigenvalue weighted by Gasteiger charge is -2.23. The maximum atomic E-state index is 11.8. The number of carboxylic acid groups (broad SMARTS) is 1. The molecule has 0 amide bonds. The fraction of sp³-hybridized carbons (Fsp3) is 0.889. The van der Waals surface area contributed by atoms with Gasteiger partial charge in [-0.3, -0.25) is 4.79 Å². The van der Waals surface area contributed by atoms with E-state index in [2.05, 4.69) is 0 Å². The Bertz CT molecular complexity index is 330. The molecular weight excluding hydrogens is 248 g/mol. The average Bonchev–Trinajstić information content (AvgIpc) is 2.25. The summed E-state index contributed by atoms with van der Waals surface area (Å²) >= 11 is 0. The summed E-state index contributed by atoms with van der Waals surface area (Å²) in [5, 5.41) is 8.48. The Morgan fingerprint density at radius 2 is 1.76 bits per heavy atom. The van der Waals surface area contributed by atoms with Gasteiger partial charge in [-0.1, -0.05) is 0 Å². The van der Waals surface area contributed by atoms with E-state index < -0.39 is 16.2 Å². The zero-order chi connectivity index (χ0) is 13.5. The summed E-state index contributed by atoms with van der Waals surface area (Å²) in [5.74, 6) is -1.02. The van der Waals surface area contributed by atoms with Gasteiger partial charge in [-0.05, 0) is 6.92 Å². The zero-order valence-electron chi connectivity index (χ0n) is 10.4. The van der Waals surface area contributed by atoms with Gasteiger partial charge in [-0.25, -0.2) is 0 Å². The molecule has 0 saturated heterocycles. The van der Waals surface area contributed by atoms with Gasteiger partial charge in [0, 0.05) is 33.8 Å². The van der Waals surface area contributed by atoms with Crippen LogP contribution in [0.25, 0.3) is 0 Å². The van der Waals surface area contributed by atoms with Crippen molar-refractivity contribution in [3.05, 3.63) is 0 Å². The van der Waals surface area contributed by atoms with Crippen LogP contribution in [0.5, 0.6) is 0 Å². The molecule has 0 rings (SSSR count). The molecule has 0 aliphatic carbocycles. The van der Waals surface area contributed by atoms with Crippen LogP contribution in [0.1, 0.15) is 13.3 Å². The number of aliphatic carboxylic acids is 1. The Morgan fingerprint density at radius 3 is 2.24 bits per heavy atom. The Morgan fingerprint density at radius 1 is 1.24 bits per heavy atom. The van der Waals surface area contributed by atoms with Crippen LogP contribution in [0.15, 0.2) is 0 Å². The number of hydrogen-bond acceptors (Lipinski definition) is 4. The predicted octanol–water partition coefficient (Wildman–Crippen LogP) is -0.394. The first-order chi connectivity index (χ1) is 7.82. The molecule has 102 valence electrons. The van der Waals surface area contributed by atoms with E-state index in [-0.39, 0.29) is 19.5 Å². The molecule has 0 atom stereocenters. The van der Waals surface area contributed by atoms with Crippen LogP contribution in [0.3, 0.4) is 0 Å². The number of nitrogens with zero attached hydrogens (tertiary/aromatic N) is 2. The highest BCUT2D eigenvalue weighted by molar-refractivity contribution is 7.86. The minimum Gasteiger partial charge on any atom is -0.481 e. The van der Waals surface area contributed by atoms with Crippen molar-refractivity contribution in [1.82, 2.24) is 8.61 Å². The normalized spacial score (nSPS) is 12.3. The first-order valence-electron chi connectivity index (χ1n) is 5.29. The number of likely N-dealkylation sites (N-methyl/N-ethyl adjacent to an activating group) is 1. The summed E-state index contributed by atoms with van der Waals surface area (Å²) in [6.07, 6.45) is -0.213. The van der Waals surface area contributed by atoms with Crippen LogP contribution in [0.2, 0.25) is 0 Å². The molecule has 17 heavy (non-hydrogen) atoms. The summed E-state index contributed by atoms with van der Waals surface area (Å²) in [4.78, 5) is 10.4. The minimum absolute atomic E-state index is 0.0450. The van der Waals surface area contributed by atoms with E-state index in [9.17, 15) is 13.2 Å². The molecule has 7 nitrogen and oxygen atoms in total. The van der Waals surface area contributed by atoms with E-state index in [0.717, 1.165) is 8.61 Å². The Kier molecular flexibility index (Phi) is 7.28. The van der Waals surface area contributed by atoms with Crippen molar-refractivity contribution in [3.8, 4) is 0 Å². The van der Waals surface area contributed by atoms with E-state index in [0.29, 0.717) is 13.2 Å². The molecule has 0 aromatic rings. The Labute approximate surface area is 102 Å². The maximum absolute atomic E-state index is 11.8. The van der Waals surface area contributed by atoms with Crippen LogP contribution in [0, 0.1) is 0 Å². The van der Waals surface area contributed by atoms with Gasteiger partial charge < -0.3 is 9.84 Å². The summed E-state index contributed by atoms with van der Waals surface area (Å²) in [7, 11) is -0.799. The third kappa shape index (κ3) is 5.97. The van der Waals surface area contributed by atoms with Gasteiger partial charge in [0.25, 0.3) is 10.2 Å². The van der Waals surface area contributed by atoms with Crippen LogP contribution in [-0.4, -0.2) is 68.5 Å². The van der Waals surface area contributed by atoms with Crippen molar-refractivity contribution in [1.29, 1.82) is 0 Å². The number of ether oxygens (including phenoxy) is 1. The van der Waals surface area contributed by atoms with Crippen molar-refractivity contribution < 1.29 is 23.1 Å². The lowest BCUT2D eigenvalue weighted by Crippen LogP contribution is -2.41. The molecule has 0 aromatic heterocycles. The van der Waals surface area contributed by atoms with Gasteiger partial charge in [0.2, 0.25) is 0 Å². The van der Waals surface area contributed by atoms with Crippen molar-refractivity contribution in [3.63, 3.8) is 0 Å². The molecule has 0 fully saturated rings. The quantitative estimate of drug-likeness (QED) is 0.575. The number of rotatable bonds is 9. The molecule has 0 heterocycles. The lowest BCUT2D eigenvalue weighted by atomic mass is 10.4. The van der Waals surface area contributed by atoms with Gasteiger partial charge in [-0.2, -0.15) is 17.0 Å². The molecule has 0 aliphatic heterocycles. The molecule has 0 aromatic carbocycles. The molecule has 8 heteroatoms. The summed E-state index contributed by atoms with van der Waals surface area (Å²) in [5.41, 5.74) is 0. The number of carbonyl (C=O) groups is 1. The highest BCUT2D eigenvalue weighted by atomic mass is 32.2. The van der Waals surface area contributed by atoms with E-state index in [1.165, 1.54) is 14.1 Å². The average molecular weight is 268 g/mol. The van der Waals surface area contributed by atoms with Crippen molar-refractivity contribution in [2.24, 2.45) is 0 Å². The van der Waals surface area contributed by atoms with Gasteiger partial charge in [-0.15, -0.1) is 0 Å². The van der Waals surface area contributed by atoms with Crippen molar-refractivity contribution in [2.45, 2.75) is 13.3 Å². The Hall–Kier alpha value is -0.700. The van der Waals surface area contributed by atoms with E-state index in [1.807, 2.05) is 6.92 Å². The third-order valence-electron chi connectivity index (χ3n) is 2.18. The van der Waals surface area contributed by atoms with Crippen LogP contribution >= 0.6 is 0 Å². The van der Waals surface area contributed by atoms with Crippen LogP contribution in [0.4, 0.5) is 0 Å². The topological polar surface area (TPSA) is 87.2 Å². The monoisotopic (exact) mass is 268 g/mol. The molecule has 0 saturated carbocycles. The predicted molar refractivity (Wildman–Crippen MR) is 62.9 cm³/mol. The summed E-state index contributed by atoms with van der Waals surface area (Å²) in [6, 6.07) is 0. The summed E-state index contributed by atoms with van der Waals surface area (Å²) < 4.78 is 30.9. The van der Waals surface area contributed by atoms with Gasteiger partial charge in [0.1, 0.15) is 0 Å². The molecule has 0 aliphatic rings. The highest BCUT2D eigenvalue weighted by Gasteiger charge is 2.23. The summed E-state index contributed by atoms with van der Waals surface area (Å²) in [6.45, 7) is 2.87. The second kappa shape index (κ2) is 7.59. The van der Waals surface area contributed by atoms with Gasteiger partial charge >= 0.3 is 5.97 Å². The highest BCUT2D eigenvalue weighted by Crippen LogP contribution is 2.04. The molecule has 1 N–H and O–H groups in total.